The molecule has 3 nitrogen and oxygen atoms in total. The third kappa shape index (κ3) is 3.14. The van der Waals surface area contributed by atoms with E-state index < -0.39 is 6.10 Å². The summed E-state index contributed by atoms with van der Waals surface area (Å²) in [5, 5.41) is 12.7. The lowest BCUT2D eigenvalue weighted by Crippen LogP contribution is -2.32. The first-order chi connectivity index (χ1) is 10.7. The maximum absolute atomic E-state index is 11.9. The number of Topliss-reactive ketones (excluding diaryl/α,β-unsaturated/α-hetero) is 1. The summed E-state index contributed by atoms with van der Waals surface area (Å²) >= 11 is 0. The lowest BCUT2D eigenvalue weighted by Gasteiger charge is -2.25. The first kappa shape index (κ1) is 15.0. The van der Waals surface area contributed by atoms with Gasteiger partial charge in [0.1, 0.15) is 11.5 Å². The van der Waals surface area contributed by atoms with Crippen molar-refractivity contribution in [1.82, 2.24) is 0 Å². The van der Waals surface area contributed by atoms with E-state index in [2.05, 4.69) is 6.07 Å². The number of aliphatic hydroxyl groups excluding tert-OH is 1. The fourth-order valence-electron chi connectivity index (χ4n) is 3.33. The quantitative estimate of drug-likeness (QED) is 0.939. The Labute approximate surface area is 130 Å². The van der Waals surface area contributed by atoms with E-state index in [0.29, 0.717) is 12.8 Å². The number of carbonyl (C=O) groups is 1. The van der Waals surface area contributed by atoms with Crippen molar-refractivity contribution in [2.75, 3.05) is 7.11 Å². The molecule has 22 heavy (non-hydrogen) atoms. The minimum atomic E-state index is -0.566. The molecule has 116 valence electrons. The molecule has 0 heterocycles. The Morgan fingerprint density at radius 2 is 1.95 bits per heavy atom. The topological polar surface area (TPSA) is 46.5 Å². The highest BCUT2D eigenvalue weighted by Crippen LogP contribution is 2.27. The summed E-state index contributed by atoms with van der Waals surface area (Å²) in [6.07, 6.45) is 3.44. The third-order valence-corrected chi connectivity index (χ3v) is 4.62. The van der Waals surface area contributed by atoms with Crippen molar-refractivity contribution in [3.05, 3.63) is 42.0 Å². The highest BCUT2D eigenvalue weighted by atomic mass is 16.5. The van der Waals surface area contributed by atoms with Crippen molar-refractivity contribution >= 4 is 16.6 Å². The van der Waals surface area contributed by atoms with E-state index in [1.165, 1.54) is 0 Å². The van der Waals surface area contributed by atoms with E-state index >= 15 is 0 Å². The van der Waals surface area contributed by atoms with E-state index in [-0.39, 0.29) is 11.7 Å². The molecule has 0 amide bonds. The highest BCUT2D eigenvalue weighted by molar-refractivity contribution is 5.85. The molecule has 2 aromatic rings. The Kier molecular flexibility index (Phi) is 4.44. The average molecular weight is 298 g/mol. The minimum absolute atomic E-state index is 0.180. The van der Waals surface area contributed by atoms with Gasteiger partial charge < -0.3 is 9.84 Å². The van der Waals surface area contributed by atoms with Crippen LogP contribution in [0.4, 0.5) is 0 Å². The molecule has 0 radical (unpaired) electrons. The zero-order valence-electron chi connectivity index (χ0n) is 12.9. The molecule has 0 bridgehead atoms. The van der Waals surface area contributed by atoms with Gasteiger partial charge in [0.25, 0.3) is 0 Å². The predicted molar refractivity (Wildman–Crippen MR) is 87.2 cm³/mol. The molecule has 0 saturated heterocycles. The first-order valence-corrected chi connectivity index (χ1v) is 7.95. The van der Waals surface area contributed by atoms with Crippen LogP contribution in [0.5, 0.6) is 5.75 Å². The zero-order valence-corrected chi connectivity index (χ0v) is 12.9. The number of ketones is 1. The number of carbonyl (C=O) groups excluding carboxylic acids is 1. The predicted octanol–water partition coefficient (Wildman–Crippen LogP) is 3.51. The van der Waals surface area contributed by atoms with Crippen LogP contribution in [0, 0.1) is 5.92 Å². The lowest BCUT2D eigenvalue weighted by molar-refractivity contribution is -0.128. The van der Waals surface area contributed by atoms with Gasteiger partial charge in [-0.15, -0.1) is 0 Å². The fourth-order valence-corrected chi connectivity index (χ4v) is 3.33. The van der Waals surface area contributed by atoms with Crippen molar-refractivity contribution in [3.63, 3.8) is 0 Å². The van der Waals surface area contributed by atoms with Crippen LogP contribution in [0.1, 0.15) is 31.2 Å². The Morgan fingerprint density at radius 1 is 1.18 bits per heavy atom. The largest absolute Gasteiger partial charge is 0.497 e. The van der Waals surface area contributed by atoms with Crippen molar-refractivity contribution < 1.29 is 14.6 Å². The van der Waals surface area contributed by atoms with E-state index in [0.717, 1.165) is 41.3 Å². The van der Waals surface area contributed by atoms with Crippen molar-refractivity contribution in [1.29, 1.82) is 0 Å². The molecule has 1 fully saturated rings. The SMILES string of the molecule is COc1ccc2cc(CC(O)C3CCCCC3=O)ccc2c1. The number of aliphatic hydroxyl groups is 1. The molecule has 1 N–H and O–H groups in total. The zero-order chi connectivity index (χ0) is 15.5. The summed E-state index contributed by atoms with van der Waals surface area (Å²) < 4.78 is 5.23. The number of fused-ring (bicyclic) bond motifs is 1. The van der Waals surface area contributed by atoms with Gasteiger partial charge in [-0.1, -0.05) is 30.7 Å². The molecular weight excluding hydrogens is 276 g/mol. The van der Waals surface area contributed by atoms with Crippen LogP contribution in [0.25, 0.3) is 10.8 Å². The minimum Gasteiger partial charge on any atom is -0.497 e. The monoisotopic (exact) mass is 298 g/mol. The fraction of sp³-hybridized carbons (Fsp3) is 0.421. The third-order valence-electron chi connectivity index (χ3n) is 4.62. The Hall–Kier alpha value is -1.87. The van der Waals surface area contributed by atoms with Gasteiger partial charge in [-0.2, -0.15) is 0 Å². The summed E-state index contributed by atoms with van der Waals surface area (Å²) in [4.78, 5) is 11.9. The van der Waals surface area contributed by atoms with Gasteiger partial charge in [-0.05, 0) is 47.7 Å². The van der Waals surface area contributed by atoms with E-state index in [9.17, 15) is 9.90 Å². The molecule has 1 aliphatic carbocycles. The van der Waals surface area contributed by atoms with Crippen LogP contribution < -0.4 is 4.74 Å². The van der Waals surface area contributed by atoms with Crippen LogP contribution in [0.3, 0.4) is 0 Å². The molecule has 1 saturated carbocycles. The maximum atomic E-state index is 11.9. The van der Waals surface area contributed by atoms with E-state index in [1.54, 1.807) is 7.11 Å². The number of hydrogen-bond donors (Lipinski definition) is 1. The number of benzene rings is 2. The first-order valence-electron chi connectivity index (χ1n) is 7.95. The molecular formula is C19H22O3. The van der Waals surface area contributed by atoms with Gasteiger partial charge in [0.2, 0.25) is 0 Å². The van der Waals surface area contributed by atoms with Gasteiger partial charge in [-0.3, -0.25) is 4.79 Å². The van der Waals surface area contributed by atoms with Crippen molar-refractivity contribution in [2.24, 2.45) is 5.92 Å². The number of rotatable bonds is 4. The van der Waals surface area contributed by atoms with Gasteiger partial charge in [-0.25, -0.2) is 0 Å². The van der Waals surface area contributed by atoms with Gasteiger partial charge in [0.15, 0.2) is 0 Å². The molecule has 0 aliphatic heterocycles. The Balaban J connectivity index is 1.77. The highest BCUT2D eigenvalue weighted by Gasteiger charge is 2.28. The maximum Gasteiger partial charge on any atom is 0.138 e. The molecule has 1 aliphatic rings. The number of ether oxygens (including phenoxy) is 1. The molecule has 2 aromatic carbocycles. The summed E-state index contributed by atoms with van der Waals surface area (Å²) in [6.45, 7) is 0. The van der Waals surface area contributed by atoms with E-state index in [1.807, 2.05) is 30.3 Å². The smallest absolute Gasteiger partial charge is 0.138 e. The summed E-state index contributed by atoms with van der Waals surface area (Å²) in [5.74, 6) is 0.887. The summed E-state index contributed by atoms with van der Waals surface area (Å²) in [5.41, 5.74) is 1.07. The van der Waals surface area contributed by atoms with Crippen molar-refractivity contribution in [2.45, 2.75) is 38.2 Å². The second-order valence-electron chi connectivity index (χ2n) is 6.14. The lowest BCUT2D eigenvalue weighted by atomic mass is 9.82. The normalized spacial score (nSPS) is 20.1. The molecule has 3 heteroatoms. The van der Waals surface area contributed by atoms with Crippen LogP contribution in [0.2, 0.25) is 0 Å². The molecule has 2 unspecified atom stereocenters. The van der Waals surface area contributed by atoms with Crippen LogP contribution in [-0.2, 0) is 11.2 Å². The Bertz CT molecular complexity index is 677. The summed E-state index contributed by atoms with van der Waals surface area (Å²) in [7, 11) is 1.66. The van der Waals surface area contributed by atoms with Gasteiger partial charge in [0.05, 0.1) is 13.2 Å². The molecule has 3 rings (SSSR count). The Morgan fingerprint density at radius 3 is 2.73 bits per heavy atom. The van der Waals surface area contributed by atoms with Crippen LogP contribution in [0.15, 0.2) is 36.4 Å². The van der Waals surface area contributed by atoms with Gasteiger partial charge in [0, 0.05) is 12.3 Å². The molecule has 2 atom stereocenters. The second-order valence-corrected chi connectivity index (χ2v) is 6.14. The number of methoxy groups -OCH3 is 1. The second kappa shape index (κ2) is 6.49. The van der Waals surface area contributed by atoms with Crippen LogP contribution in [-0.4, -0.2) is 24.1 Å². The molecule has 0 aromatic heterocycles. The van der Waals surface area contributed by atoms with E-state index in [4.69, 9.17) is 4.74 Å². The van der Waals surface area contributed by atoms with Crippen molar-refractivity contribution in [3.8, 4) is 5.75 Å². The average Bonchev–Trinajstić information content (AvgIpc) is 2.54. The molecule has 0 spiro atoms. The number of hydrogen-bond acceptors (Lipinski definition) is 3. The van der Waals surface area contributed by atoms with Gasteiger partial charge >= 0.3 is 0 Å². The van der Waals surface area contributed by atoms with Crippen LogP contribution >= 0.6 is 0 Å². The summed E-state index contributed by atoms with van der Waals surface area (Å²) in [6, 6.07) is 12.1. The standard InChI is InChI=1S/C19H22O3/c1-22-16-9-8-14-10-13(6-7-15(14)12-16)11-19(21)17-4-2-3-5-18(17)20/h6-10,12,17,19,21H,2-5,11H2,1H3.